The molecule has 2 aromatic heterocycles. The van der Waals surface area contributed by atoms with Gasteiger partial charge in [-0.15, -0.1) is 0 Å². The fraction of sp³-hybridized carbons (Fsp3) is 0.321. The van der Waals surface area contributed by atoms with Crippen LogP contribution in [0.3, 0.4) is 0 Å². The molecule has 1 atom stereocenters. The molecule has 0 spiro atoms. The van der Waals surface area contributed by atoms with E-state index < -0.39 is 0 Å². The van der Waals surface area contributed by atoms with Gasteiger partial charge in [0.2, 0.25) is 5.91 Å². The molecule has 1 amide bonds. The zero-order valence-corrected chi connectivity index (χ0v) is 20.4. The lowest BCUT2D eigenvalue weighted by molar-refractivity contribution is -0.121. The number of amides is 1. The van der Waals surface area contributed by atoms with Crippen LogP contribution in [0.5, 0.6) is 0 Å². The van der Waals surface area contributed by atoms with Gasteiger partial charge in [0.15, 0.2) is 5.65 Å². The Morgan fingerprint density at radius 3 is 2.58 bits per heavy atom. The Hall–Kier alpha value is -3.78. The van der Waals surface area contributed by atoms with Crippen molar-refractivity contribution in [3.8, 4) is 0 Å². The van der Waals surface area contributed by atoms with Gasteiger partial charge < -0.3 is 19.5 Å². The number of nitrogens with zero attached hydrogens (tertiary/aromatic N) is 4. The lowest BCUT2D eigenvalue weighted by Crippen LogP contribution is -2.36. The number of halogens is 1. The SMILES string of the molecule is CC(NC(=O)CCc1nc2cccnc2n1Cc1ccc(F)cc1)c1ccc(N2CCOCC2)cc1. The molecular formula is C28H30FN5O2. The van der Waals surface area contributed by atoms with E-state index >= 15 is 0 Å². The first-order valence-electron chi connectivity index (χ1n) is 12.3. The number of morpholine rings is 1. The van der Waals surface area contributed by atoms with Crippen molar-refractivity contribution in [3.63, 3.8) is 0 Å². The monoisotopic (exact) mass is 487 g/mol. The van der Waals surface area contributed by atoms with Crippen molar-refractivity contribution in [3.05, 3.63) is 89.6 Å². The van der Waals surface area contributed by atoms with Gasteiger partial charge in [0.1, 0.15) is 17.2 Å². The Bertz CT molecular complexity index is 1310. The largest absolute Gasteiger partial charge is 0.378 e. The number of aryl methyl sites for hydroxylation is 1. The van der Waals surface area contributed by atoms with E-state index in [1.807, 2.05) is 23.6 Å². The summed E-state index contributed by atoms with van der Waals surface area (Å²) in [4.78, 5) is 24.3. The van der Waals surface area contributed by atoms with E-state index in [-0.39, 0.29) is 17.8 Å². The summed E-state index contributed by atoms with van der Waals surface area (Å²) in [6, 6.07) is 18.4. The summed E-state index contributed by atoms with van der Waals surface area (Å²) in [6.07, 6.45) is 2.52. The molecule has 2 aromatic carbocycles. The zero-order valence-electron chi connectivity index (χ0n) is 20.4. The Kier molecular flexibility index (Phi) is 7.23. The molecule has 186 valence electrons. The summed E-state index contributed by atoms with van der Waals surface area (Å²) in [5.74, 6) is 0.480. The first-order chi connectivity index (χ1) is 17.6. The van der Waals surface area contributed by atoms with E-state index in [2.05, 4.69) is 39.5 Å². The first kappa shape index (κ1) is 23.9. The average Bonchev–Trinajstić information content (AvgIpc) is 3.26. The molecule has 0 bridgehead atoms. The highest BCUT2D eigenvalue weighted by Gasteiger charge is 2.16. The molecule has 1 unspecified atom stereocenters. The summed E-state index contributed by atoms with van der Waals surface area (Å²) in [7, 11) is 0. The number of pyridine rings is 1. The quantitative estimate of drug-likeness (QED) is 0.402. The lowest BCUT2D eigenvalue weighted by atomic mass is 10.1. The minimum Gasteiger partial charge on any atom is -0.378 e. The number of aromatic nitrogens is 3. The number of carbonyl (C=O) groups excluding carboxylic acids is 1. The molecule has 5 rings (SSSR count). The van der Waals surface area contributed by atoms with Gasteiger partial charge in [-0.1, -0.05) is 24.3 Å². The van der Waals surface area contributed by atoms with Crippen molar-refractivity contribution in [1.29, 1.82) is 0 Å². The molecule has 4 aromatic rings. The zero-order chi connectivity index (χ0) is 24.9. The molecule has 3 heterocycles. The van der Waals surface area contributed by atoms with Crippen molar-refractivity contribution in [2.24, 2.45) is 0 Å². The maximum atomic E-state index is 13.4. The van der Waals surface area contributed by atoms with Crippen molar-refractivity contribution in [2.75, 3.05) is 31.2 Å². The third-order valence-corrected chi connectivity index (χ3v) is 6.56. The molecule has 8 heteroatoms. The van der Waals surface area contributed by atoms with E-state index in [4.69, 9.17) is 9.72 Å². The second-order valence-electron chi connectivity index (χ2n) is 9.07. The van der Waals surface area contributed by atoms with E-state index in [1.165, 1.54) is 17.8 Å². The highest BCUT2D eigenvalue weighted by atomic mass is 19.1. The molecule has 0 radical (unpaired) electrons. The second kappa shape index (κ2) is 10.9. The highest BCUT2D eigenvalue weighted by Crippen LogP contribution is 2.21. The number of fused-ring (bicyclic) bond motifs is 1. The predicted molar refractivity (Wildman–Crippen MR) is 137 cm³/mol. The van der Waals surface area contributed by atoms with Gasteiger partial charge in [-0.2, -0.15) is 0 Å². The Labute approximate surface area is 209 Å². The number of benzene rings is 2. The molecular weight excluding hydrogens is 457 g/mol. The van der Waals surface area contributed by atoms with E-state index in [0.717, 1.165) is 54.4 Å². The average molecular weight is 488 g/mol. The molecule has 1 aliphatic rings. The number of nitrogens with one attached hydrogen (secondary N) is 1. The Morgan fingerprint density at radius 2 is 1.83 bits per heavy atom. The van der Waals surface area contributed by atoms with Crippen LogP contribution in [-0.2, 0) is 22.5 Å². The van der Waals surface area contributed by atoms with E-state index in [9.17, 15) is 9.18 Å². The summed E-state index contributed by atoms with van der Waals surface area (Å²) < 4.78 is 20.8. The summed E-state index contributed by atoms with van der Waals surface area (Å²) >= 11 is 0. The van der Waals surface area contributed by atoms with Crippen LogP contribution in [0.1, 0.15) is 36.3 Å². The third kappa shape index (κ3) is 5.54. The maximum absolute atomic E-state index is 13.4. The molecule has 0 aliphatic carbocycles. The number of anilines is 1. The number of hydrogen-bond acceptors (Lipinski definition) is 5. The van der Waals surface area contributed by atoms with Gasteiger partial charge in [0.25, 0.3) is 0 Å². The summed E-state index contributed by atoms with van der Waals surface area (Å²) in [6.45, 7) is 5.80. The molecule has 1 saturated heterocycles. The minimum absolute atomic E-state index is 0.0342. The van der Waals surface area contributed by atoms with Gasteiger partial charge in [0.05, 0.1) is 25.8 Å². The standard InChI is InChI=1S/C28H30FN5O2/c1-20(22-6-10-24(11-7-22)33-15-17-36-18-16-33)31-27(35)13-12-26-32-25-3-2-14-30-28(25)34(26)19-21-4-8-23(29)9-5-21/h2-11,14,20H,12-13,15-19H2,1H3,(H,31,35). The highest BCUT2D eigenvalue weighted by molar-refractivity contribution is 5.77. The van der Waals surface area contributed by atoms with Gasteiger partial charge in [0, 0.05) is 37.8 Å². The van der Waals surface area contributed by atoms with Crippen molar-refractivity contribution in [2.45, 2.75) is 32.4 Å². The topological polar surface area (TPSA) is 72.3 Å². The molecule has 1 fully saturated rings. The van der Waals surface area contributed by atoms with Crippen LogP contribution in [0.15, 0.2) is 66.9 Å². The molecule has 36 heavy (non-hydrogen) atoms. The normalized spacial score (nSPS) is 14.7. The molecule has 1 N–H and O–H groups in total. The van der Waals surface area contributed by atoms with Gasteiger partial charge in [-0.25, -0.2) is 14.4 Å². The Balaban J connectivity index is 1.23. The first-order valence-corrected chi connectivity index (χ1v) is 12.3. The second-order valence-corrected chi connectivity index (χ2v) is 9.07. The van der Waals surface area contributed by atoms with Crippen molar-refractivity contribution < 1.29 is 13.9 Å². The van der Waals surface area contributed by atoms with Crippen LogP contribution in [0.2, 0.25) is 0 Å². The number of ether oxygens (including phenoxy) is 1. The Morgan fingerprint density at radius 1 is 1.08 bits per heavy atom. The predicted octanol–water partition coefficient (Wildman–Crippen LogP) is 4.27. The van der Waals surface area contributed by atoms with Crippen LogP contribution >= 0.6 is 0 Å². The number of hydrogen-bond donors (Lipinski definition) is 1. The van der Waals surface area contributed by atoms with Gasteiger partial charge >= 0.3 is 0 Å². The smallest absolute Gasteiger partial charge is 0.220 e. The molecule has 7 nitrogen and oxygen atoms in total. The van der Waals surface area contributed by atoms with Crippen LogP contribution < -0.4 is 10.2 Å². The van der Waals surface area contributed by atoms with Crippen LogP contribution in [0, 0.1) is 5.82 Å². The van der Waals surface area contributed by atoms with Crippen LogP contribution in [0.25, 0.3) is 11.2 Å². The minimum atomic E-state index is -0.269. The number of carbonyl (C=O) groups is 1. The van der Waals surface area contributed by atoms with E-state index in [1.54, 1.807) is 18.3 Å². The van der Waals surface area contributed by atoms with Gasteiger partial charge in [-0.05, 0) is 54.4 Å². The van der Waals surface area contributed by atoms with Gasteiger partial charge in [-0.3, -0.25) is 4.79 Å². The summed E-state index contributed by atoms with van der Waals surface area (Å²) in [5, 5.41) is 3.11. The summed E-state index contributed by atoms with van der Waals surface area (Å²) in [5.41, 5.74) is 4.72. The lowest BCUT2D eigenvalue weighted by Gasteiger charge is -2.29. The number of rotatable bonds is 8. The van der Waals surface area contributed by atoms with Crippen LogP contribution in [-0.4, -0.2) is 46.7 Å². The number of imidazole rings is 1. The van der Waals surface area contributed by atoms with Crippen molar-refractivity contribution in [1.82, 2.24) is 19.9 Å². The fourth-order valence-electron chi connectivity index (χ4n) is 4.55. The van der Waals surface area contributed by atoms with Crippen molar-refractivity contribution >= 4 is 22.8 Å². The molecule has 1 aliphatic heterocycles. The third-order valence-electron chi connectivity index (χ3n) is 6.56. The molecule has 0 saturated carbocycles. The van der Waals surface area contributed by atoms with E-state index in [0.29, 0.717) is 19.4 Å². The fourth-order valence-corrected chi connectivity index (χ4v) is 4.55. The van der Waals surface area contributed by atoms with Crippen LogP contribution in [0.4, 0.5) is 10.1 Å². The maximum Gasteiger partial charge on any atom is 0.220 e.